The summed E-state index contributed by atoms with van der Waals surface area (Å²) in [6, 6.07) is 9.77. The van der Waals surface area contributed by atoms with Crippen LogP contribution in [0.15, 0.2) is 48.9 Å². The summed E-state index contributed by atoms with van der Waals surface area (Å²) in [7, 11) is 0. The van der Waals surface area contributed by atoms with Gasteiger partial charge in [0.15, 0.2) is 0 Å². The van der Waals surface area contributed by atoms with Crippen molar-refractivity contribution in [3.63, 3.8) is 0 Å². The van der Waals surface area contributed by atoms with Crippen molar-refractivity contribution < 1.29 is 4.79 Å². The first-order valence-corrected chi connectivity index (χ1v) is 10.4. The van der Waals surface area contributed by atoms with Gasteiger partial charge in [-0.05, 0) is 67.3 Å². The largest absolute Gasteiger partial charge is 0.349 e. The van der Waals surface area contributed by atoms with E-state index in [1.165, 1.54) is 0 Å². The Labute approximate surface area is 169 Å². The van der Waals surface area contributed by atoms with Crippen LogP contribution in [0.5, 0.6) is 0 Å². The smallest absolute Gasteiger partial charge is 0.251 e. The van der Waals surface area contributed by atoms with Crippen LogP contribution >= 0.6 is 11.6 Å². The number of fused-ring (bicyclic) bond motifs is 2. The fourth-order valence-corrected chi connectivity index (χ4v) is 5.28. The van der Waals surface area contributed by atoms with Crippen molar-refractivity contribution in [1.29, 1.82) is 0 Å². The topological polar surface area (TPSA) is 59.8 Å². The van der Waals surface area contributed by atoms with Gasteiger partial charge in [0.2, 0.25) is 0 Å². The molecule has 5 nitrogen and oxygen atoms in total. The first kappa shape index (κ1) is 17.7. The van der Waals surface area contributed by atoms with Gasteiger partial charge in [-0.2, -0.15) is 5.10 Å². The molecule has 0 bridgehead atoms. The Balaban J connectivity index is 1.24. The third-order valence-corrected chi connectivity index (χ3v) is 6.81. The average Bonchev–Trinajstić information content (AvgIpc) is 3.07. The maximum absolute atomic E-state index is 12.6. The SMILES string of the molecule is CCC(NC(=O)c1ccc(Cl)cc1)[C@H]1[C@@H]2C[C@@H](n3ncc4ccncc43)C[C@@H]21. The molecule has 1 aromatic carbocycles. The number of pyridine rings is 1. The van der Waals surface area contributed by atoms with Crippen LogP contribution in [0.4, 0.5) is 0 Å². The van der Waals surface area contributed by atoms with Crippen LogP contribution in [0.25, 0.3) is 10.9 Å². The number of carbonyl (C=O) groups is 1. The van der Waals surface area contributed by atoms with Crippen molar-refractivity contribution in [2.45, 2.75) is 38.3 Å². The van der Waals surface area contributed by atoms with Gasteiger partial charge in [0.05, 0.1) is 24.0 Å². The summed E-state index contributed by atoms with van der Waals surface area (Å²) in [6.07, 6.45) is 8.87. The van der Waals surface area contributed by atoms with E-state index in [9.17, 15) is 4.79 Å². The minimum absolute atomic E-state index is 0.00538. The standard InChI is InChI=1S/C22H23ClN4O/c1-2-19(26-22(28)13-3-5-15(23)6-4-13)21-17-9-16(10-18(17)21)27-20-12-24-8-7-14(20)11-25-27/h3-8,11-12,16-19,21H,2,9-10H2,1H3,(H,26,28)/t16-,17-,18+,19?,21+. The molecular weight excluding hydrogens is 372 g/mol. The molecule has 1 amide bonds. The third-order valence-electron chi connectivity index (χ3n) is 6.56. The number of hydrogen-bond donors (Lipinski definition) is 1. The molecule has 0 aliphatic heterocycles. The zero-order chi connectivity index (χ0) is 19.3. The lowest BCUT2D eigenvalue weighted by Gasteiger charge is -2.22. The Kier molecular flexibility index (Phi) is 4.35. The third kappa shape index (κ3) is 2.98. The Hall–Kier alpha value is -2.40. The summed E-state index contributed by atoms with van der Waals surface area (Å²) >= 11 is 5.92. The number of carbonyl (C=O) groups excluding carboxylic acids is 1. The molecule has 3 aromatic rings. The number of rotatable bonds is 5. The molecule has 28 heavy (non-hydrogen) atoms. The number of amides is 1. The van der Waals surface area contributed by atoms with E-state index in [1.54, 1.807) is 24.3 Å². The van der Waals surface area contributed by atoms with E-state index in [4.69, 9.17) is 11.6 Å². The quantitative estimate of drug-likeness (QED) is 0.693. The number of nitrogens with zero attached hydrogens (tertiary/aromatic N) is 3. The van der Waals surface area contributed by atoms with Gasteiger partial charge in [-0.3, -0.25) is 14.5 Å². The van der Waals surface area contributed by atoms with E-state index in [0.717, 1.165) is 30.2 Å². The van der Waals surface area contributed by atoms with Crippen LogP contribution in [0.3, 0.4) is 0 Å². The van der Waals surface area contributed by atoms with Crippen molar-refractivity contribution in [2.75, 3.05) is 0 Å². The molecule has 1 unspecified atom stereocenters. The number of aromatic nitrogens is 3. The van der Waals surface area contributed by atoms with Crippen LogP contribution in [-0.4, -0.2) is 26.7 Å². The van der Waals surface area contributed by atoms with Crippen molar-refractivity contribution >= 4 is 28.4 Å². The van der Waals surface area contributed by atoms with Crippen LogP contribution < -0.4 is 5.32 Å². The minimum atomic E-state index is -0.00538. The highest BCUT2D eigenvalue weighted by molar-refractivity contribution is 6.30. The maximum Gasteiger partial charge on any atom is 0.251 e. The van der Waals surface area contributed by atoms with E-state index in [1.807, 2.05) is 24.7 Å². The molecule has 2 aliphatic rings. The second kappa shape index (κ2) is 6.89. The zero-order valence-electron chi connectivity index (χ0n) is 15.8. The highest BCUT2D eigenvalue weighted by Crippen LogP contribution is 2.62. The molecule has 2 aliphatic carbocycles. The fourth-order valence-electron chi connectivity index (χ4n) is 5.16. The molecule has 0 saturated heterocycles. The number of halogens is 1. The van der Waals surface area contributed by atoms with Gasteiger partial charge >= 0.3 is 0 Å². The number of nitrogens with one attached hydrogen (secondary N) is 1. The lowest BCUT2D eigenvalue weighted by atomic mass is 9.99. The molecule has 5 atom stereocenters. The molecule has 6 heteroatoms. The van der Waals surface area contributed by atoms with Gasteiger partial charge in [-0.1, -0.05) is 18.5 Å². The minimum Gasteiger partial charge on any atom is -0.349 e. The van der Waals surface area contributed by atoms with Crippen molar-refractivity contribution in [1.82, 2.24) is 20.1 Å². The summed E-state index contributed by atoms with van der Waals surface area (Å²) in [6.45, 7) is 2.16. The monoisotopic (exact) mass is 394 g/mol. The van der Waals surface area contributed by atoms with Crippen LogP contribution in [0.2, 0.25) is 5.02 Å². The van der Waals surface area contributed by atoms with Crippen molar-refractivity contribution in [2.24, 2.45) is 17.8 Å². The van der Waals surface area contributed by atoms with E-state index >= 15 is 0 Å². The molecule has 0 radical (unpaired) electrons. The number of benzene rings is 1. The van der Waals surface area contributed by atoms with Gasteiger partial charge in [-0.15, -0.1) is 0 Å². The lowest BCUT2D eigenvalue weighted by molar-refractivity contribution is 0.0927. The van der Waals surface area contributed by atoms with Crippen molar-refractivity contribution in [3.8, 4) is 0 Å². The van der Waals surface area contributed by atoms with E-state index in [2.05, 4.69) is 27.0 Å². The molecular formula is C22H23ClN4O. The highest BCUT2D eigenvalue weighted by atomic mass is 35.5. The number of hydrogen-bond acceptors (Lipinski definition) is 3. The Morgan fingerprint density at radius 3 is 2.68 bits per heavy atom. The average molecular weight is 395 g/mol. The Bertz CT molecular complexity index is 1000. The second-order valence-corrected chi connectivity index (χ2v) is 8.49. The first-order valence-electron chi connectivity index (χ1n) is 9.99. The van der Waals surface area contributed by atoms with Gasteiger partial charge in [-0.25, -0.2) is 0 Å². The maximum atomic E-state index is 12.6. The molecule has 1 N–H and O–H groups in total. The predicted molar refractivity (Wildman–Crippen MR) is 109 cm³/mol. The van der Waals surface area contributed by atoms with Crippen LogP contribution in [0, 0.1) is 17.8 Å². The Morgan fingerprint density at radius 1 is 1.21 bits per heavy atom. The van der Waals surface area contributed by atoms with Gasteiger partial charge in [0.25, 0.3) is 5.91 Å². The first-order chi connectivity index (χ1) is 13.7. The van der Waals surface area contributed by atoms with Gasteiger partial charge in [0.1, 0.15) is 0 Å². The van der Waals surface area contributed by atoms with Crippen LogP contribution in [-0.2, 0) is 0 Å². The molecule has 0 spiro atoms. The fraction of sp³-hybridized carbons (Fsp3) is 0.409. The van der Waals surface area contributed by atoms with E-state index in [-0.39, 0.29) is 11.9 Å². The van der Waals surface area contributed by atoms with E-state index < -0.39 is 0 Å². The molecule has 2 aromatic heterocycles. The van der Waals surface area contributed by atoms with E-state index in [0.29, 0.717) is 34.4 Å². The predicted octanol–water partition coefficient (Wildman–Crippen LogP) is 4.49. The van der Waals surface area contributed by atoms with Crippen LogP contribution in [0.1, 0.15) is 42.6 Å². The normalized spacial score (nSPS) is 26.8. The summed E-state index contributed by atoms with van der Waals surface area (Å²) in [4.78, 5) is 16.9. The Morgan fingerprint density at radius 2 is 1.96 bits per heavy atom. The summed E-state index contributed by atoms with van der Waals surface area (Å²) in [5, 5.41) is 9.66. The highest BCUT2D eigenvalue weighted by Gasteiger charge is 2.59. The molecule has 2 fully saturated rings. The lowest BCUT2D eigenvalue weighted by Crippen LogP contribution is -2.37. The summed E-state index contributed by atoms with van der Waals surface area (Å²) in [5.74, 6) is 1.93. The second-order valence-electron chi connectivity index (χ2n) is 8.05. The van der Waals surface area contributed by atoms with Gasteiger partial charge in [0, 0.05) is 28.2 Å². The molecule has 2 saturated carbocycles. The zero-order valence-corrected chi connectivity index (χ0v) is 16.5. The summed E-state index contributed by atoms with van der Waals surface area (Å²) in [5.41, 5.74) is 1.79. The van der Waals surface area contributed by atoms with Gasteiger partial charge < -0.3 is 5.32 Å². The molecule has 2 heterocycles. The molecule has 144 valence electrons. The molecule has 5 rings (SSSR count). The summed E-state index contributed by atoms with van der Waals surface area (Å²) < 4.78 is 2.15. The van der Waals surface area contributed by atoms with Crippen molar-refractivity contribution in [3.05, 3.63) is 59.5 Å².